The molecule has 0 atom stereocenters. The van der Waals surface area contributed by atoms with Gasteiger partial charge in [-0.15, -0.1) is 0 Å². The molecule has 6 nitrogen and oxygen atoms in total. The molecular formula is C2H2N2O4. The van der Waals surface area contributed by atoms with Gasteiger partial charge in [0.05, 0.1) is 0 Å². The molecule has 44 valence electrons. The molecule has 0 fully saturated rings. The molecule has 0 aliphatic carbocycles. The Hall–Kier alpha value is -1.46. The Balaban J connectivity index is 3.67. The molecule has 0 aliphatic heterocycles. The van der Waals surface area contributed by atoms with Gasteiger partial charge in [0.2, 0.25) is 0 Å². The first kappa shape index (κ1) is 6.54. The maximum absolute atomic E-state index is 9.38. The lowest BCUT2D eigenvalue weighted by Gasteiger charge is -1.72. The summed E-state index contributed by atoms with van der Waals surface area (Å²) in [5.41, 5.74) is 0. The number of amides is 2. The first-order chi connectivity index (χ1) is 3.63. The molecule has 0 spiro atoms. The molecule has 0 aromatic rings. The Morgan fingerprint density at radius 1 is 1.00 bits per heavy atom. The topological polar surface area (TPSA) is 99.3 Å². The molecule has 0 bridgehead atoms. The van der Waals surface area contributed by atoms with Crippen LogP contribution in [0.2, 0.25) is 0 Å². The second-order valence-corrected chi connectivity index (χ2v) is 0.765. The van der Waals surface area contributed by atoms with E-state index in [1.165, 1.54) is 0 Å². The van der Waals surface area contributed by atoms with Gasteiger partial charge in [-0.05, 0) is 0 Å². The van der Waals surface area contributed by atoms with Crippen LogP contribution in [0.1, 0.15) is 0 Å². The van der Waals surface area contributed by atoms with Crippen molar-refractivity contribution in [1.82, 2.24) is 0 Å². The molecule has 0 radical (unpaired) electrons. The average molecular weight is 118 g/mol. The van der Waals surface area contributed by atoms with Crippen molar-refractivity contribution in [3.05, 3.63) is 0 Å². The van der Waals surface area contributed by atoms with E-state index in [1.807, 2.05) is 0 Å². The zero-order valence-electron chi connectivity index (χ0n) is 3.61. The minimum atomic E-state index is -1.62. The summed E-state index contributed by atoms with van der Waals surface area (Å²) in [5.74, 6) is 0. The summed E-state index contributed by atoms with van der Waals surface area (Å²) < 4.78 is 0. The maximum atomic E-state index is 9.38. The van der Waals surface area contributed by atoms with E-state index in [9.17, 15) is 9.59 Å². The molecule has 0 aromatic carbocycles. The standard InChI is InChI=1S/C2H2N2O4/c5-1(6)3-4-2(7)8/h(H,5,6)(H,7,8). The number of carboxylic acid groups (broad SMARTS) is 2. The van der Waals surface area contributed by atoms with E-state index in [0.717, 1.165) is 0 Å². The SMILES string of the molecule is O=C(O)N=NC(=O)O. The number of nitrogens with zero attached hydrogens (tertiary/aromatic N) is 2. The van der Waals surface area contributed by atoms with Gasteiger partial charge in [-0.25, -0.2) is 9.59 Å². The summed E-state index contributed by atoms with van der Waals surface area (Å²) in [4.78, 5) is 18.8. The van der Waals surface area contributed by atoms with Crippen molar-refractivity contribution < 1.29 is 19.8 Å². The van der Waals surface area contributed by atoms with Crippen molar-refractivity contribution in [2.75, 3.05) is 0 Å². The highest BCUT2D eigenvalue weighted by molar-refractivity contribution is 5.70. The molecule has 2 N–H and O–H groups in total. The number of hydrogen-bond acceptors (Lipinski definition) is 2. The van der Waals surface area contributed by atoms with E-state index >= 15 is 0 Å². The zero-order chi connectivity index (χ0) is 6.57. The Bertz CT molecular complexity index is 123. The van der Waals surface area contributed by atoms with Crippen LogP contribution in [0.25, 0.3) is 0 Å². The van der Waals surface area contributed by atoms with Crippen LogP contribution in [0.3, 0.4) is 0 Å². The highest BCUT2D eigenvalue weighted by Gasteiger charge is 1.91. The fourth-order valence-corrected chi connectivity index (χ4v) is 0.0855. The Kier molecular flexibility index (Phi) is 2.18. The fourth-order valence-electron chi connectivity index (χ4n) is 0.0855. The molecule has 0 saturated heterocycles. The lowest BCUT2D eigenvalue weighted by atomic mass is 11.2. The third-order valence-electron chi connectivity index (χ3n) is 0.221. The summed E-state index contributed by atoms with van der Waals surface area (Å²) in [6, 6.07) is 0. The largest absolute Gasteiger partial charge is 0.462 e. The van der Waals surface area contributed by atoms with Crippen LogP contribution < -0.4 is 0 Å². The molecule has 8 heavy (non-hydrogen) atoms. The van der Waals surface area contributed by atoms with E-state index in [-0.39, 0.29) is 0 Å². The first-order valence-corrected chi connectivity index (χ1v) is 1.50. The van der Waals surface area contributed by atoms with Gasteiger partial charge in [-0.3, -0.25) is 0 Å². The lowest BCUT2D eigenvalue weighted by molar-refractivity contribution is 0.194. The quantitative estimate of drug-likeness (QED) is 0.459. The fraction of sp³-hybridized carbons (Fsp3) is 0. The van der Waals surface area contributed by atoms with E-state index in [2.05, 4.69) is 10.2 Å². The van der Waals surface area contributed by atoms with Gasteiger partial charge in [0.25, 0.3) is 0 Å². The molecule has 0 heterocycles. The van der Waals surface area contributed by atoms with Crippen molar-refractivity contribution >= 4 is 12.2 Å². The number of rotatable bonds is 0. The lowest BCUT2D eigenvalue weighted by Crippen LogP contribution is -1.87. The predicted octanol–water partition coefficient (Wildman–Crippen LogP) is 0.795. The molecule has 0 unspecified atom stereocenters. The van der Waals surface area contributed by atoms with Crippen LogP contribution in [-0.2, 0) is 0 Å². The summed E-state index contributed by atoms with van der Waals surface area (Å²) in [6.07, 6.45) is -3.24. The Morgan fingerprint density at radius 3 is 1.38 bits per heavy atom. The van der Waals surface area contributed by atoms with Gasteiger partial charge in [0, 0.05) is 0 Å². The molecule has 0 rings (SSSR count). The highest BCUT2D eigenvalue weighted by atomic mass is 16.4. The summed E-state index contributed by atoms with van der Waals surface area (Å²) in [7, 11) is 0. The van der Waals surface area contributed by atoms with Gasteiger partial charge in [0.15, 0.2) is 0 Å². The smallest absolute Gasteiger partial charge is 0.450 e. The van der Waals surface area contributed by atoms with Crippen molar-refractivity contribution in [2.24, 2.45) is 10.2 Å². The predicted molar refractivity (Wildman–Crippen MR) is 20.9 cm³/mol. The zero-order valence-corrected chi connectivity index (χ0v) is 3.61. The first-order valence-electron chi connectivity index (χ1n) is 1.50. The average Bonchev–Trinajstić information content (AvgIpc) is 1.61. The van der Waals surface area contributed by atoms with E-state index < -0.39 is 12.2 Å². The van der Waals surface area contributed by atoms with Crippen molar-refractivity contribution in [1.29, 1.82) is 0 Å². The van der Waals surface area contributed by atoms with Crippen molar-refractivity contribution in [3.63, 3.8) is 0 Å². The molecule has 0 aliphatic rings. The summed E-state index contributed by atoms with van der Waals surface area (Å²) in [5, 5.41) is 19.8. The van der Waals surface area contributed by atoms with E-state index in [0.29, 0.717) is 0 Å². The minimum Gasteiger partial charge on any atom is -0.462 e. The van der Waals surface area contributed by atoms with Crippen molar-refractivity contribution in [3.8, 4) is 0 Å². The maximum Gasteiger partial charge on any atom is 0.450 e. The van der Waals surface area contributed by atoms with Gasteiger partial charge in [-0.2, -0.15) is 0 Å². The van der Waals surface area contributed by atoms with Gasteiger partial charge in [0.1, 0.15) is 0 Å². The minimum absolute atomic E-state index is 1.62. The van der Waals surface area contributed by atoms with Crippen LogP contribution in [0.4, 0.5) is 9.59 Å². The Morgan fingerprint density at radius 2 is 1.25 bits per heavy atom. The van der Waals surface area contributed by atoms with Crippen LogP contribution in [0.15, 0.2) is 10.2 Å². The molecule has 2 amide bonds. The highest BCUT2D eigenvalue weighted by Crippen LogP contribution is 1.76. The second-order valence-electron chi connectivity index (χ2n) is 0.765. The second kappa shape index (κ2) is 2.67. The van der Waals surface area contributed by atoms with Gasteiger partial charge >= 0.3 is 12.2 Å². The van der Waals surface area contributed by atoms with Crippen LogP contribution in [0.5, 0.6) is 0 Å². The third-order valence-corrected chi connectivity index (χ3v) is 0.221. The number of azo groups is 1. The van der Waals surface area contributed by atoms with Gasteiger partial charge in [-0.1, -0.05) is 10.2 Å². The molecule has 0 aromatic heterocycles. The normalized spacial score (nSPS) is 9.50. The van der Waals surface area contributed by atoms with E-state index in [1.54, 1.807) is 0 Å². The molecular weight excluding hydrogens is 116 g/mol. The van der Waals surface area contributed by atoms with Crippen molar-refractivity contribution in [2.45, 2.75) is 0 Å². The van der Waals surface area contributed by atoms with Crippen LogP contribution in [-0.4, -0.2) is 22.4 Å². The number of hydrogen-bond donors (Lipinski definition) is 2. The number of carbonyl (C=O) groups is 2. The monoisotopic (exact) mass is 118 g/mol. The van der Waals surface area contributed by atoms with E-state index in [4.69, 9.17) is 10.2 Å². The summed E-state index contributed by atoms with van der Waals surface area (Å²) >= 11 is 0. The third kappa shape index (κ3) is 4.54. The van der Waals surface area contributed by atoms with Crippen LogP contribution >= 0.6 is 0 Å². The van der Waals surface area contributed by atoms with Crippen LogP contribution in [0, 0.1) is 0 Å². The molecule has 6 heteroatoms. The summed E-state index contributed by atoms with van der Waals surface area (Å²) in [6.45, 7) is 0. The Labute approximate surface area is 43.5 Å². The van der Waals surface area contributed by atoms with Gasteiger partial charge < -0.3 is 10.2 Å². The molecule has 0 saturated carbocycles.